The maximum atomic E-state index is 14.0. The predicted octanol–water partition coefficient (Wildman–Crippen LogP) is 6.23. The highest BCUT2D eigenvalue weighted by atomic mass is 32.2. The second-order valence-corrected chi connectivity index (χ2v) is 10.3. The van der Waals surface area contributed by atoms with Crippen molar-refractivity contribution < 1.29 is 12.8 Å². The number of aliphatic imine (C=N–C) groups is 1. The fourth-order valence-electron chi connectivity index (χ4n) is 3.18. The van der Waals surface area contributed by atoms with E-state index in [4.69, 9.17) is 0 Å². The van der Waals surface area contributed by atoms with E-state index in [-0.39, 0.29) is 0 Å². The van der Waals surface area contributed by atoms with Gasteiger partial charge in [0.05, 0.1) is 11.6 Å². The minimum atomic E-state index is -4.08. The summed E-state index contributed by atoms with van der Waals surface area (Å²) in [5, 5.41) is 1.53. The first-order valence-electron chi connectivity index (χ1n) is 9.85. The van der Waals surface area contributed by atoms with Gasteiger partial charge in [0.25, 0.3) is 10.0 Å². The summed E-state index contributed by atoms with van der Waals surface area (Å²) in [4.78, 5) is 4.16. The average Bonchev–Trinajstić information content (AvgIpc) is 3.18. The predicted molar refractivity (Wildman–Crippen MR) is 131 cm³/mol. The largest absolute Gasteiger partial charge is 0.280 e. The van der Waals surface area contributed by atoms with Gasteiger partial charge in [-0.05, 0) is 54.8 Å². The number of nitrogens with one attached hydrogen (secondary N) is 1. The molecule has 3 rings (SSSR count). The van der Waals surface area contributed by atoms with Gasteiger partial charge in [-0.25, -0.2) is 12.8 Å². The number of anilines is 1. The molecule has 0 aromatic heterocycles. The molecule has 1 aliphatic rings. The molecule has 1 aliphatic heterocycles. The molecule has 31 heavy (non-hydrogen) atoms. The number of benzene rings is 2. The first kappa shape index (κ1) is 23.0. The van der Waals surface area contributed by atoms with Crippen LogP contribution in [0.5, 0.6) is 0 Å². The summed E-state index contributed by atoms with van der Waals surface area (Å²) < 4.78 is 41.6. The van der Waals surface area contributed by atoms with Crippen LogP contribution in [0.1, 0.15) is 25.0 Å². The third-order valence-corrected chi connectivity index (χ3v) is 7.34. The zero-order valence-electron chi connectivity index (χ0n) is 17.7. The van der Waals surface area contributed by atoms with Gasteiger partial charge in [-0.3, -0.25) is 9.71 Å². The lowest BCUT2D eigenvalue weighted by Crippen LogP contribution is -2.15. The number of nitrogens with zero attached hydrogens (tertiary/aromatic N) is 1. The van der Waals surface area contributed by atoms with Gasteiger partial charge in [-0.2, -0.15) is 0 Å². The Hall–Kier alpha value is -2.64. The molecule has 0 bridgehead atoms. The van der Waals surface area contributed by atoms with Gasteiger partial charge in [0.15, 0.2) is 0 Å². The number of hydrogen-bond acceptors (Lipinski definition) is 4. The van der Waals surface area contributed by atoms with Crippen molar-refractivity contribution in [2.75, 3.05) is 11.3 Å². The lowest BCUT2D eigenvalue weighted by Gasteiger charge is -2.12. The highest BCUT2D eigenvalue weighted by Gasteiger charge is 2.21. The molecule has 1 heterocycles. The van der Waals surface area contributed by atoms with Crippen molar-refractivity contribution in [2.45, 2.75) is 26.0 Å². The summed E-state index contributed by atoms with van der Waals surface area (Å²) in [5.74, 6) is -0.835. The van der Waals surface area contributed by atoms with Crippen LogP contribution in [-0.2, 0) is 10.0 Å². The third-order valence-electron chi connectivity index (χ3n) is 4.79. The standard InChI is InChI=1S/C24H25FN2O2S2/c1-5-7-23(22(25)6-2)31(28,29)27-20-12-10-18(11-13-20)21-14-19(9-8-16(21)3)24-26-15-17(4)30-24/h5-14,17,27H,1,15H2,2-4H3/b22-6+,23-7+. The van der Waals surface area contributed by atoms with Crippen LogP contribution >= 0.6 is 11.8 Å². The first-order valence-corrected chi connectivity index (χ1v) is 12.2. The van der Waals surface area contributed by atoms with Crippen molar-refractivity contribution in [3.63, 3.8) is 0 Å². The number of halogens is 1. The minimum Gasteiger partial charge on any atom is -0.280 e. The number of sulfonamides is 1. The van der Waals surface area contributed by atoms with E-state index >= 15 is 0 Å². The minimum absolute atomic E-state index is 0.348. The number of thioether (sulfide) groups is 1. The summed E-state index contributed by atoms with van der Waals surface area (Å²) >= 11 is 1.77. The Morgan fingerprint density at radius 3 is 2.48 bits per heavy atom. The van der Waals surface area contributed by atoms with Crippen LogP contribution in [0.4, 0.5) is 10.1 Å². The molecule has 0 spiro atoms. The molecule has 0 radical (unpaired) electrons. The quantitative estimate of drug-likeness (QED) is 0.503. The zero-order valence-corrected chi connectivity index (χ0v) is 19.4. The first-order chi connectivity index (χ1) is 14.7. The zero-order chi connectivity index (χ0) is 22.6. The summed E-state index contributed by atoms with van der Waals surface area (Å²) in [6.45, 7) is 9.92. The highest BCUT2D eigenvalue weighted by Crippen LogP contribution is 2.31. The Balaban J connectivity index is 1.87. The van der Waals surface area contributed by atoms with Gasteiger partial charge >= 0.3 is 0 Å². The number of allylic oxidation sites excluding steroid dienone is 4. The van der Waals surface area contributed by atoms with E-state index in [1.54, 1.807) is 23.9 Å². The smallest absolute Gasteiger partial charge is 0.264 e. The van der Waals surface area contributed by atoms with Gasteiger partial charge in [-0.15, -0.1) is 11.8 Å². The van der Waals surface area contributed by atoms with Crippen LogP contribution in [0.25, 0.3) is 11.1 Å². The normalized spacial score (nSPS) is 17.4. The van der Waals surface area contributed by atoms with E-state index in [9.17, 15) is 12.8 Å². The van der Waals surface area contributed by atoms with Crippen LogP contribution in [0.3, 0.4) is 0 Å². The lowest BCUT2D eigenvalue weighted by molar-refractivity contribution is 0.599. The highest BCUT2D eigenvalue weighted by molar-refractivity contribution is 8.15. The molecule has 0 aliphatic carbocycles. The van der Waals surface area contributed by atoms with Crippen LogP contribution in [-0.4, -0.2) is 25.3 Å². The van der Waals surface area contributed by atoms with Crippen LogP contribution in [0.2, 0.25) is 0 Å². The Bertz CT molecular complexity index is 1180. The summed E-state index contributed by atoms with van der Waals surface area (Å²) in [5.41, 5.74) is 4.56. The van der Waals surface area contributed by atoms with Gasteiger partial charge in [-0.1, -0.05) is 49.9 Å². The Kier molecular flexibility index (Phi) is 7.18. The van der Waals surface area contributed by atoms with E-state index in [0.717, 1.165) is 46.0 Å². The molecule has 4 nitrogen and oxygen atoms in total. The summed E-state index contributed by atoms with van der Waals surface area (Å²) in [6, 6.07) is 13.3. The Labute approximate surface area is 187 Å². The molecular formula is C24H25FN2O2S2. The molecule has 0 fully saturated rings. The van der Waals surface area contributed by atoms with Crippen molar-refractivity contribution in [3.05, 3.63) is 89.1 Å². The number of hydrogen-bond donors (Lipinski definition) is 1. The third kappa shape index (κ3) is 5.35. The van der Waals surface area contributed by atoms with Crippen LogP contribution in [0.15, 0.2) is 83.0 Å². The summed E-state index contributed by atoms with van der Waals surface area (Å²) in [6.07, 6.45) is 3.47. The van der Waals surface area contributed by atoms with Gasteiger partial charge in [0, 0.05) is 16.5 Å². The number of rotatable bonds is 7. The van der Waals surface area contributed by atoms with Gasteiger partial charge < -0.3 is 0 Å². The average molecular weight is 457 g/mol. The van der Waals surface area contributed by atoms with Crippen molar-refractivity contribution in [1.29, 1.82) is 0 Å². The fraction of sp³-hybridized carbons (Fsp3) is 0.208. The van der Waals surface area contributed by atoms with Crippen molar-refractivity contribution >= 4 is 32.5 Å². The van der Waals surface area contributed by atoms with Crippen molar-refractivity contribution in [3.8, 4) is 11.1 Å². The Morgan fingerprint density at radius 2 is 1.90 bits per heavy atom. The van der Waals surface area contributed by atoms with Crippen LogP contribution < -0.4 is 4.72 Å². The molecule has 1 unspecified atom stereocenters. The Morgan fingerprint density at radius 1 is 1.23 bits per heavy atom. The molecule has 2 aromatic carbocycles. The molecule has 0 saturated heterocycles. The second-order valence-electron chi connectivity index (χ2n) is 7.19. The molecule has 0 amide bonds. The monoisotopic (exact) mass is 456 g/mol. The SMILES string of the molecule is C=C/C=C(\C(F)=C/C)S(=O)(=O)Nc1ccc(-c2cc(C3=NCC(C)S3)ccc2C)cc1. The molecular weight excluding hydrogens is 431 g/mol. The van der Waals surface area contributed by atoms with Crippen molar-refractivity contribution in [2.24, 2.45) is 4.99 Å². The van der Waals surface area contributed by atoms with E-state index in [2.05, 4.69) is 41.4 Å². The molecule has 7 heteroatoms. The van der Waals surface area contributed by atoms with E-state index in [0.29, 0.717) is 10.9 Å². The fourth-order valence-corrected chi connectivity index (χ4v) is 5.33. The molecule has 2 aromatic rings. The van der Waals surface area contributed by atoms with Crippen molar-refractivity contribution in [1.82, 2.24) is 0 Å². The van der Waals surface area contributed by atoms with E-state index in [1.165, 1.54) is 13.0 Å². The molecule has 162 valence electrons. The topological polar surface area (TPSA) is 58.5 Å². The van der Waals surface area contributed by atoms with Crippen LogP contribution in [0, 0.1) is 6.92 Å². The number of aryl methyl sites for hydroxylation is 1. The van der Waals surface area contributed by atoms with Gasteiger partial charge in [0.2, 0.25) is 0 Å². The second kappa shape index (κ2) is 9.66. The summed E-state index contributed by atoms with van der Waals surface area (Å²) in [7, 11) is -4.08. The maximum Gasteiger partial charge on any atom is 0.264 e. The molecule has 0 saturated carbocycles. The molecule has 1 atom stereocenters. The maximum absolute atomic E-state index is 14.0. The van der Waals surface area contributed by atoms with E-state index < -0.39 is 20.8 Å². The lowest BCUT2D eigenvalue weighted by atomic mass is 9.98. The molecule has 1 N–H and O–H groups in total. The van der Waals surface area contributed by atoms with E-state index in [1.807, 2.05) is 19.1 Å². The van der Waals surface area contributed by atoms with Gasteiger partial charge in [0.1, 0.15) is 10.7 Å².